The van der Waals surface area contributed by atoms with E-state index in [4.69, 9.17) is 4.74 Å². The van der Waals surface area contributed by atoms with Crippen LogP contribution in [-0.2, 0) is 11.3 Å². The first-order valence-corrected chi connectivity index (χ1v) is 5.79. The van der Waals surface area contributed by atoms with Crippen molar-refractivity contribution in [3.8, 4) is 0 Å². The van der Waals surface area contributed by atoms with Crippen molar-refractivity contribution in [1.29, 1.82) is 0 Å². The van der Waals surface area contributed by atoms with Gasteiger partial charge in [-0.25, -0.2) is 4.79 Å². The highest BCUT2D eigenvalue weighted by molar-refractivity contribution is 5.95. The van der Waals surface area contributed by atoms with Gasteiger partial charge in [0.25, 0.3) is 0 Å². The zero-order valence-corrected chi connectivity index (χ0v) is 10.1. The number of carbonyl (C=O) groups excluding carboxylic acids is 1. The highest BCUT2D eigenvalue weighted by Gasteiger charge is 2.11. The van der Waals surface area contributed by atoms with Gasteiger partial charge >= 0.3 is 5.97 Å². The summed E-state index contributed by atoms with van der Waals surface area (Å²) in [7, 11) is 0. The smallest absolute Gasteiger partial charge is 0.340 e. The molecule has 0 saturated heterocycles. The molecule has 1 heterocycles. The van der Waals surface area contributed by atoms with Gasteiger partial charge in [0.15, 0.2) is 0 Å². The molecule has 2 aromatic rings. The van der Waals surface area contributed by atoms with Crippen molar-refractivity contribution in [2.45, 2.75) is 13.5 Å². The van der Waals surface area contributed by atoms with Crippen LogP contribution in [0.1, 0.15) is 23.0 Å². The van der Waals surface area contributed by atoms with E-state index in [1.54, 1.807) is 19.2 Å². The lowest BCUT2D eigenvalue weighted by molar-refractivity contribution is 0.0527. The average molecular weight is 245 g/mol. The Morgan fingerprint density at radius 2 is 2.22 bits per heavy atom. The zero-order chi connectivity index (χ0) is 12.8. The van der Waals surface area contributed by atoms with Crippen LogP contribution in [-0.4, -0.2) is 22.8 Å². The normalized spacial score (nSPS) is 10.1. The van der Waals surface area contributed by atoms with Crippen molar-refractivity contribution in [2.24, 2.45) is 0 Å². The van der Waals surface area contributed by atoms with E-state index in [1.165, 1.54) is 0 Å². The molecule has 94 valence electrons. The second-order valence-electron chi connectivity index (χ2n) is 3.70. The van der Waals surface area contributed by atoms with Crippen LogP contribution in [0.5, 0.6) is 0 Å². The molecule has 0 aliphatic rings. The average Bonchev–Trinajstić information content (AvgIpc) is 2.90. The number of anilines is 1. The highest BCUT2D eigenvalue weighted by Crippen LogP contribution is 2.16. The summed E-state index contributed by atoms with van der Waals surface area (Å²) in [6.45, 7) is 2.74. The number of aromatic amines is 1. The maximum absolute atomic E-state index is 11.7. The van der Waals surface area contributed by atoms with Gasteiger partial charge in [0.1, 0.15) is 0 Å². The lowest BCUT2D eigenvalue weighted by Crippen LogP contribution is -2.09. The van der Waals surface area contributed by atoms with E-state index in [1.807, 2.05) is 24.3 Å². The van der Waals surface area contributed by atoms with E-state index in [2.05, 4.69) is 15.5 Å². The van der Waals surface area contributed by atoms with Gasteiger partial charge in [-0.2, -0.15) is 5.10 Å². The molecule has 5 nitrogen and oxygen atoms in total. The number of nitrogens with one attached hydrogen (secondary N) is 2. The van der Waals surface area contributed by atoms with Gasteiger partial charge in [-0.05, 0) is 25.1 Å². The van der Waals surface area contributed by atoms with Crippen molar-refractivity contribution in [3.63, 3.8) is 0 Å². The van der Waals surface area contributed by atoms with Gasteiger partial charge in [0.05, 0.1) is 24.4 Å². The summed E-state index contributed by atoms with van der Waals surface area (Å²) < 4.78 is 5.01. The molecule has 0 fully saturated rings. The highest BCUT2D eigenvalue weighted by atomic mass is 16.5. The number of H-pyrrole nitrogens is 1. The molecule has 0 amide bonds. The topological polar surface area (TPSA) is 67.0 Å². The van der Waals surface area contributed by atoms with Gasteiger partial charge < -0.3 is 10.1 Å². The number of ether oxygens (including phenoxy) is 1. The Morgan fingerprint density at radius 1 is 1.39 bits per heavy atom. The van der Waals surface area contributed by atoms with E-state index >= 15 is 0 Å². The van der Waals surface area contributed by atoms with Crippen molar-refractivity contribution in [1.82, 2.24) is 10.2 Å². The zero-order valence-electron chi connectivity index (χ0n) is 10.1. The predicted molar refractivity (Wildman–Crippen MR) is 68.3 cm³/mol. The Kier molecular flexibility index (Phi) is 3.96. The summed E-state index contributed by atoms with van der Waals surface area (Å²) in [5.41, 5.74) is 2.25. The van der Waals surface area contributed by atoms with E-state index in [0.29, 0.717) is 18.7 Å². The van der Waals surface area contributed by atoms with E-state index in [9.17, 15) is 4.79 Å². The van der Waals surface area contributed by atoms with E-state index in [0.717, 1.165) is 11.4 Å². The summed E-state index contributed by atoms with van der Waals surface area (Å²) in [6, 6.07) is 9.15. The maximum atomic E-state index is 11.7. The number of rotatable bonds is 5. The minimum absolute atomic E-state index is 0.315. The molecule has 0 aliphatic carbocycles. The minimum atomic E-state index is -0.315. The number of carbonyl (C=O) groups is 1. The van der Waals surface area contributed by atoms with Gasteiger partial charge in [-0.3, -0.25) is 5.10 Å². The first-order chi connectivity index (χ1) is 8.81. The molecular formula is C13H15N3O2. The third-order valence-electron chi connectivity index (χ3n) is 2.45. The van der Waals surface area contributed by atoms with E-state index in [-0.39, 0.29) is 5.97 Å². The molecule has 1 aromatic heterocycles. The van der Waals surface area contributed by atoms with Crippen LogP contribution in [0.2, 0.25) is 0 Å². The van der Waals surface area contributed by atoms with Gasteiger partial charge in [0, 0.05) is 11.9 Å². The van der Waals surface area contributed by atoms with Crippen LogP contribution in [0, 0.1) is 0 Å². The van der Waals surface area contributed by atoms with Crippen LogP contribution in [0.15, 0.2) is 36.5 Å². The Bertz CT molecular complexity index is 509. The monoisotopic (exact) mass is 245 g/mol. The largest absolute Gasteiger partial charge is 0.462 e. The standard InChI is InChI=1S/C13H15N3O2/c1-2-18-13(17)11-5-3-4-6-12(11)14-9-10-7-8-15-16-10/h3-8,14H,2,9H2,1H3,(H,15,16). The summed E-state index contributed by atoms with van der Waals surface area (Å²) in [6.07, 6.45) is 1.69. The van der Waals surface area contributed by atoms with Crippen molar-refractivity contribution in [2.75, 3.05) is 11.9 Å². The molecule has 0 spiro atoms. The Labute approximate surface area is 105 Å². The van der Waals surface area contributed by atoms with Gasteiger partial charge in [0.2, 0.25) is 0 Å². The lowest BCUT2D eigenvalue weighted by atomic mass is 10.2. The molecule has 0 bridgehead atoms. The fraction of sp³-hybridized carbons (Fsp3) is 0.231. The van der Waals surface area contributed by atoms with Gasteiger partial charge in [-0.1, -0.05) is 12.1 Å². The Balaban J connectivity index is 2.09. The second kappa shape index (κ2) is 5.86. The number of hydrogen-bond acceptors (Lipinski definition) is 4. The number of para-hydroxylation sites is 1. The quantitative estimate of drug-likeness (QED) is 0.792. The van der Waals surface area contributed by atoms with Crippen LogP contribution < -0.4 is 5.32 Å². The van der Waals surface area contributed by atoms with Crippen LogP contribution >= 0.6 is 0 Å². The fourth-order valence-corrected chi connectivity index (χ4v) is 1.60. The number of nitrogens with zero attached hydrogens (tertiary/aromatic N) is 1. The Hall–Kier alpha value is -2.30. The molecule has 0 unspecified atom stereocenters. The van der Waals surface area contributed by atoms with Crippen molar-refractivity contribution in [3.05, 3.63) is 47.8 Å². The van der Waals surface area contributed by atoms with E-state index < -0.39 is 0 Å². The van der Waals surface area contributed by atoms with Gasteiger partial charge in [-0.15, -0.1) is 0 Å². The molecule has 2 N–H and O–H groups in total. The van der Waals surface area contributed by atoms with Crippen molar-refractivity contribution < 1.29 is 9.53 Å². The summed E-state index contributed by atoms with van der Waals surface area (Å²) in [5, 5.41) is 9.90. The SMILES string of the molecule is CCOC(=O)c1ccccc1NCc1ccn[nH]1. The third kappa shape index (κ3) is 2.88. The molecule has 2 rings (SSSR count). The first-order valence-electron chi connectivity index (χ1n) is 5.79. The molecule has 0 saturated carbocycles. The molecule has 0 aliphatic heterocycles. The second-order valence-corrected chi connectivity index (χ2v) is 3.70. The molecular weight excluding hydrogens is 230 g/mol. The summed E-state index contributed by atoms with van der Waals surface area (Å²) >= 11 is 0. The number of aromatic nitrogens is 2. The van der Waals surface area contributed by atoms with Crippen LogP contribution in [0.4, 0.5) is 5.69 Å². The molecule has 1 aromatic carbocycles. The minimum Gasteiger partial charge on any atom is -0.462 e. The van der Waals surface area contributed by atoms with Crippen LogP contribution in [0.25, 0.3) is 0 Å². The number of benzene rings is 1. The Morgan fingerprint density at radius 3 is 2.94 bits per heavy atom. The fourth-order valence-electron chi connectivity index (χ4n) is 1.60. The lowest BCUT2D eigenvalue weighted by Gasteiger charge is -2.10. The molecule has 0 atom stereocenters. The van der Waals surface area contributed by atoms with Crippen molar-refractivity contribution >= 4 is 11.7 Å². The molecule has 0 radical (unpaired) electrons. The number of esters is 1. The maximum Gasteiger partial charge on any atom is 0.340 e. The third-order valence-corrected chi connectivity index (χ3v) is 2.45. The summed E-state index contributed by atoms with van der Waals surface area (Å²) in [4.78, 5) is 11.7. The summed E-state index contributed by atoms with van der Waals surface area (Å²) in [5.74, 6) is -0.315. The molecule has 18 heavy (non-hydrogen) atoms. The first kappa shape index (κ1) is 12.2. The van der Waals surface area contributed by atoms with Crippen LogP contribution in [0.3, 0.4) is 0 Å². The predicted octanol–water partition coefficient (Wildman–Crippen LogP) is 2.20. The number of hydrogen-bond donors (Lipinski definition) is 2. The molecule has 5 heteroatoms.